The summed E-state index contributed by atoms with van der Waals surface area (Å²) in [5.41, 5.74) is 0.365. The number of halogens is 4. The second kappa shape index (κ2) is 7.17. The van der Waals surface area contributed by atoms with Crippen LogP contribution in [0.3, 0.4) is 0 Å². The molecule has 0 fully saturated rings. The molecule has 1 unspecified atom stereocenters. The van der Waals surface area contributed by atoms with Crippen molar-refractivity contribution in [2.75, 3.05) is 0 Å². The zero-order valence-corrected chi connectivity index (χ0v) is 12.0. The number of hydrogen-bond donors (Lipinski definition) is 0. The molecule has 0 heterocycles. The Morgan fingerprint density at radius 1 is 1.11 bits per heavy atom. The third-order valence-electron chi connectivity index (χ3n) is 2.86. The number of alkyl halides is 4. The minimum absolute atomic E-state index is 0.348. The van der Waals surface area contributed by atoms with Gasteiger partial charge in [0.2, 0.25) is 0 Å². The van der Waals surface area contributed by atoms with E-state index in [-0.39, 0.29) is 0 Å². The van der Waals surface area contributed by atoms with Crippen LogP contribution in [0.15, 0.2) is 24.3 Å². The highest BCUT2D eigenvalue weighted by Crippen LogP contribution is 2.29. The van der Waals surface area contributed by atoms with Crippen LogP contribution in [0.25, 0.3) is 0 Å². The van der Waals surface area contributed by atoms with Crippen molar-refractivity contribution in [3.63, 3.8) is 0 Å². The van der Waals surface area contributed by atoms with Gasteiger partial charge in [0.05, 0.1) is 5.56 Å². The van der Waals surface area contributed by atoms with Crippen molar-refractivity contribution >= 4 is 15.9 Å². The van der Waals surface area contributed by atoms with Crippen molar-refractivity contribution in [1.82, 2.24) is 0 Å². The van der Waals surface area contributed by atoms with Crippen molar-refractivity contribution in [2.24, 2.45) is 0 Å². The summed E-state index contributed by atoms with van der Waals surface area (Å²) in [6, 6.07) is 5.44. The maximum Gasteiger partial charge on any atom is 0.416 e. The van der Waals surface area contributed by atoms with Crippen LogP contribution in [0.4, 0.5) is 13.2 Å². The normalized spacial score (nSPS) is 13.6. The molecule has 0 saturated carbocycles. The first-order valence-electron chi connectivity index (χ1n) is 6.23. The molecule has 0 saturated heterocycles. The lowest BCUT2D eigenvalue weighted by Gasteiger charge is -2.11. The zero-order chi connectivity index (χ0) is 13.6. The molecule has 0 N–H and O–H groups in total. The fourth-order valence-corrected chi connectivity index (χ4v) is 2.50. The van der Waals surface area contributed by atoms with Crippen molar-refractivity contribution < 1.29 is 13.2 Å². The van der Waals surface area contributed by atoms with E-state index in [4.69, 9.17) is 0 Å². The highest BCUT2D eigenvalue weighted by molar-refractivity contribution is 9.09. The van der Waals surface area contributed by atoms with Gasteiger partial charge in [-0.15, -0.1) is 0 Å². The van der Waals surface area contributed by atoms with Gasteiger partial charge in [0, 0.05) is 4.83 Å². The van der Waals surface area contributed by atoms with E-state index in [0.29, 0.717) is 4.83 Å². The second-order valence-electron chi connectivity index (χ2n) is 4.49. The van der Waals surface area contributed by atoms with Gasteiger partial charge < -0.3 is 0 Å². The van der Waals surface area contributed by atoms with Gasteiger partial charge in [0.25, 0.3) is 0 Å². The quantitative estimate of drug-likeness (QED) is 0.473. The maximum absolute atomic E-state index is 12.4. The Balaban J connectivity index is 2.48. The molecule has 0 radical (unpaired) electrons. The summed E-state index contributed by atoms with van der Waals surface area (Å²) in [5, 5.41) is 0. The van der Waals surface area contributed by atoms with Gasteiger partial charge in [0.15, 0.2) is 0 Å². The van der Waals surface area contributed by atoms with E-state index in [1.54, 1.807) is 12.1 Å². The molecule has 102 valence electrons. The Morgan fingerprint density at radius 2 is 1.72 bits per heavy atom. The maximum atomic E-state index is 12.4. The standard InChI is InChI=1S/C14H18BrF3/c1-2-3-4-5-13(15)10-11-6-8-12(9-7-11)14(16,17)18/h6-9,13H,2-5,10H2,1H3. The fourth-order valence-electron chi connectivity index (χ4n) is 1.80. The Bertz CT molecular complexity index is 343. The molecule has 1 aromatic carbocycles. The van der Waals surface area contributed by atoms with E-state index < -0.39 is 11.7 Å². The van der Waals surface area contributed by atoms with Crippen LogP contribution in [0.1, 0.15) is 43.7 Å². The molecule has 0 bridgehead atoms. The molecule has 0 amide bonds. The summed E-state index contributed by atoms with van der Waals surface area (Å²) in [6.07, 6.45) is 1.15. The van der Waals surface area contributed by atoms with Crippen LogP contribution < -0.4 is 0 Å². The molecule has 4 heteroatoms. The van der Waals surface area contributed by atoms with Gasteiger partial charge in [-0.1, -0.05) is 54.2 Å². The fraction of sp³-hybridized carbons (Fsp3) is 0.571. The molecule has 1 atom stereocenters. The lowest BCUT2D eigenvalue weighted by Crippen LogP contribution is -2.06. The van der Waals surface area contributed by atoms with Gasteiger partial charge in [-0.2, -0.15) is 13.2 Å². The van der Waals surface area contributed by atoms with Crippen LogP contribution in [0, 0.1) is 0 Å². The third-order valence-corrected chi connectivity index (χ3v) is 3.64. The molecular weight excluding hydrogens is 305 g/mol. The first-order valence-corrected chi connectivity index (χ1v) is 7.15. The Morgan fingerprint density at radius 3 is 2.22 bits per heavy atom. The number of hydrogen-bond acceptors (Lipinski definition) is 0. The first-order chi connectivity index (χ1) is 8.43. The van der Waals surface area contributed by atoms with E-state index in [1.165, 1.54) is 12.8 Å². The predicted octanol–water partition coefficient (Wildman–Crippen LogP) is 5.59. The van der Waals surface area contributed by atoms with Crippen LogP contribution in [0.2, 0.25) is 0 Å². The highest BCUT2D eigenvalue weighted by Gasteiger charge is 2.29. The minimum Gasteiger partial charge on any atom is -0.166 e. The molecular formula is C14H18BrF3. The second-order valence-corrected chi connectivity index (χ2v) is 5.79. The molecule has 0 aliphatic heterocycles. The largest absolute Gasteiger partial charge is 0.416 e. The van der Waals surface area contributed by atoms with Gasteiger partial charge in [0.1, 0.15) is 0 Å². The topological polar surface area (TPSA) is 0 Å². The Labute approximate surface area is 115 Å². The Hall–Kier alpha value is -0.510. The molecule has 18 heavy (non-hydrogen) atoms. The van der Waals surface area contributed by atoms with Crippen molar-refractivity contribution in [3.8, 4) is 0 Å². The number of benzene rings is 1. The third kappa shape index (κ3) is 5.42. The summed E-state index contributed by atoms with van der Waals surface area (Å²) in [4.78, 5) is 0.348. The molecule has 0 aromatic heterocycles. The van der Waals surface area contributed by atoms with E-state index in [9.17, 15) is 13.2 Å². The molecule has 0 spiro atoms. The average Bonchev–Trinajstić information content (AvgIpc) is 2.29. The Kier molecular flexibility index (Phi) is 6.19. The van der Waals surface area contributed by atoms with Crippen molar-refractivity contribution in [1.29, 1.82) is 0 Å². The summed E-state index contributed by atoms with van der Waals surface area (Å²) in [5.74, 6) is 0. The van der Waals surface area contributed by atoms with Crippen LogP contribution in [-0.2, 0) is 12.6 Å². The van der Waals surface area contributed by atoms with Gasteiger partial charge in [-0.3, -0.25) is 0 Å². The zero-order valence-electron chi connectivity index (χ0n) is 10.4. The number of unbranched alkanes of at least 4 members (excludes halogenated alkanes) is 2. The number of rotatable bonds is 6. The minimum atomic E-state index is -4.24. The molecule has 0 aliphatic rings. The van der Waals surface area contributed by atoms with Gasteiger partial charge in [-0.05, 0) is 30.5 Å². The van der Waals surface area contributed by atoms with Crippen LogP contribution in [-0.4, -0.2) is 4.83 Å². The first kappa shape index (κ1) is 15.5. The van der Waals surface area contributed by atoms with E-state index in [0.717, 1.165) is 37.0 Å². The van der Waals surface area contributed by atoms with E-state index in [1.807, 2.05) is 0 Å². The van der Waals surface area contributed by atoms with Crippen molar-refractivity contribution in [2.45, 2.75) is 50.0 Å². The highest BCUT2D eigenvalue weighted by atomic mass is 79.9. The van der Waals surface area contributed by atoms with Crippen LogP contribution in [0.5, 0.6) is 0 Å². The molecule has 0 nitrogen and oxygen atoms in total. The van der Waals surface area contributed by atoms with Crippen molar-refractivity contribution in [3.05, 3.63) is 35.4 Å². The molecule has 1 rings (SSSR count). The average molecular weight is 323 g/mol. The summed E-state index contributed by atoms with van der Waals surface area (Å²) < 4.78 is 37.1. The lowest BCUT2D eigenvalue weighted by atomic mass is 10.0. The lowest BCUT2D eigenvalue weighted by molar-refractivity contribution is -0.137. The summed E-state index contributed by atoms with van der Waals surface area (Å²) >= 11 is 3.58. The van der Waals surface area contributed by atoms with E-state index in [2.05, 4.69) is 22.9 Å². The van der Waals surface area contributed by atoms with Gasteiger partial charge >= 0.3 is 6.18 Å². The predicted molar refractivity (Wildman–Crippen MR) is 72.0 cm³/mol. The summed E-state index contributed by atoms with van der Waals surface area (Å²) in [7, 11) is 0. The molecule has 1 aromatic rings. The summed E-state index contributed by atoms with van der Waals surface area (Å²) in [6.45, 7) is 2.15. The van der Waals surface area contributed by atoms with Gasteiger partial charge in [-0.25, -0.2) is 0 Å². The smallest absolute Gasteiger partial charge is 0.166 e. The van der Waals surface area contributed by atoms with Crippen LogP contribution >= 0.6 is 15.9 Å². The SMILES string of the molecule is CCCCCC(Br)Cc1ccc(C(F)(F)F)cc1. The molecule has 0 aliphatic carbocycles. The monoisotopic (exact) mass is 322 g/mol. The van der Waals surface area contributed by atoms with E-state index >= 15 is 0 Å².